The van der Waals surface area contributed by atoms with Gasteiger partial charge >= 0.3 is 5.97 Å². The van der Waals surface area contributed by atoms with Crippen molar-refractivity contribution < 1.29 is 19.5 Å². The predicted octanol–water partition coefficient (Wildman–Crippen LogP) is 2.94. The Morgan fingerprint density at radius 3 is 2.44 bits per heavy atom. The third-order valence-electron chi connectivity index (χ3n) is 5.26. The van der Waals surface area contributed by atoms with Gasteiger partial charge in [0.2, 0.25) is 5.91 Å². The van der Waals surface area contributed by atoms with Gasteiger partial charge in [0, 0.05) is 32.7 Å². The van der Waals surface area contributed by atoms with E-state index in [-0.39, 0.29) is 11.5 Å². The number of rotatable bonds is 8. The maximum atomic E-state index is 12.8. The maximum Gasteiger partial charge on any atom is 0.335 e. The summed E-state index contributed by atoms with van der Waals surface area (Å²) in [4.78, 5) is 40.4. The molecule has 0 radical (unpaired) electrons. The number of amides is 2. The molecule has 9 heteroatoms. The minimum absolute atomic E-state index is 0.0128. The third kappa shape index (κ3) is 5.99. The van der Waals surface area contributed by atoms with Crippen LogP contribution >= 0.6 is 11.6 Å². The zero-order chi connectivity index (χ0) is 23.1. The Morgan fingerprint density at radius 1 is 1.06 bits per heavy atom. The van der Waals surface area contributed by atoms with Gasteiger partial charge in [-0.2, -0.15) is 0 Å². The van der Waals surface area contributed by atoms with Crippen LogP contribution in [0.5, 0.6) is 0 Å². The third-order valence-corrected chi connectivity index (χ3v) is 5.59. The van der Waals surface area contributed by atoms with Gasteiger partial charge in [0.1, 0.15) is 0 Å². The van der Waals surface area contributed by atoms with Crippen molar-refractivity contribution in [2.45, 2.75) is 13.3 Å². The SMILES string of the molecule is CCCNC(=O)CN1CCN(c2ccc(C(=O)O)cc2NC(=O)c2ccccc2Cl)CC1. The molecule has 0 aliphatic carbocycles. The zero-order valence-corrected chi connectivity index (χ0v) is 18.7. The lowest BCUT2D eigenvalue weighted by atomic mass is 10.1. The van der Waals surface area contributed by atoms with Crippen LogP contribution in [0.1, 0.15) is 34.1 Å². The lowest BCUT2D eigenvalue weighted by molar-refractivity contribution is -0.122. The number of aromatic carboxylic acids is 1. The molecule has 32 heavy (non-hydrogen) atoms. The van der Waals surface area contributed by atoms with Crippen molar-refractivity contribution in [3.63, 3.8) is 0 Å². The van der Waals surface area contributed by atoms with Crippen LogP contribution in [0.15, 0.2) is 42.5 Å². The minimum atomic E-state index is -1.08. The number of hydrogen-bond acceptors (Lipinski definition) is 5. The van der Waals surface area contributed by atoms with Crippen LogP contribution in [-0.4, -0.2) is 67.1 Å². The molecule has 0 atom stereocenters. The summed E-state index contributed by atoms with van der Waals surface area (Å²) in [5.74, 6) is -1.47. The molecule has 170 valence electrons. The van der Waals surface area contributed by atoms with Gasteiger partial charge in [-0.15, -0.1) is 0 Å². The summed E-state index contributed by atoms with van der Waals surface area (Å²) >= 11 is 6.14. The largest absolute Gasteiger partial charge is 0.478 e. The molecule has 3 N–H and O–H groups in total. The van der Waals surface area contributed by atoms with E-state index in [1.807, 2.05) is 6.92 Å². The van der Waals surface area contributed by atoms with Crippen molar-refractivity contribution in [1.82, 2.24) is 10.2 Å². The summed E-state index contributed by atoms with van der Waals surface area (Å²) in [6.07, 6.45) is 0.897. The second-order valence-electron chi connectivity index (χ2n) is 7.58. The lowest BCUT2D eigenvalue weighted by Gasteiger charge is -2.36. The average molecular weight is 459 g/mol. The highest BCUT2D eigenvalue weighted by molar-refractivity contribution is 6.34. The Hall–Kier alpha value is -3.10. The van der Waals surface area contributed by atoms with Crippen LogP contribution in [0.25, 0.3) is 0 Å². The number of nitrogens with zero attached hydrogens (tertiary/aromatic N) is 2. The molecular formula is C23H27ClN4O4. The molecule has 2 aromatic carbocycles. The predicted molar refractivity (Wildman–Crippen MR) is 125 cm³/mol. The highest BCUT2D eigenvalue weighted by Crippen LogP contribution is 2.29. The van der Waals surface area contributed by atoms with Gasteiger partial charge < -0.3 is 20.6 Å². The van der Waals surface area contributed by atoms with Crippen molar-refractivity contribution in [3.05, 3.63) is 58.6 Å². The highest BCUT2D eigenvalue weighted by Gasteiger charge is 2.23. The van der Waals surface area contributed by atoms with Crippen molar-refractivity contribution in [3.8, 4) is 0 Å². The van der Waals surface area contributed by atoms with E-state index in [4.69, 9.17) is 11.6 Å². The minimum Gasteiger partial charge on any atom is -0.478 e. The molecule has 0 aromatic heterocycles. The smallest absolute Gasteiger partial charge is 0.335 e. The highest BCUT2D eigenvalue weighted by atomic mass is 35.5. The van der Waals surface area contributed by atoms with Crippen molar-refractivity contribution >= 4 is 40.8 Å². The molecule has 1 heterocycles. The molecule has 1 aliphatic rings. The van der Waals surface area contributed by atoms with Crippen LogP contribution in [0, 0.1) is 0 Å². The molecule has 2 amide bonds. The number of anilines is 2. The number of benzene rings is 2. The fourth-order valence-electron chi connectivity index (χ4n) is 3.55. The first kappa shape index (κ1) is 23.6. The summed E-state index contributed by atoms with van der Waals surface area (Å²) in [6.45, 7) is 5.67. The van der Waals surface area contributed by atoms with Gasteiger partial charge in [0.05, 0.1) is 34.1 Å². The second-order valence-corrected chi connectivity index (χ2v) is 7.99. The summed E-state index contributed by atoms with van der Waals surface area (Å²) in [7, 11) is 0. The summed E-state index contributed by atoms with van der Waals surface area (Å²) in [5.41, 5.74) is 1.52. The molecular weight excluding hydrogens is 432 g/mol. The second kappa shape index (κ2) is 11.0. The van der Waals surface area contributed by atoms with E-state index in [1.165, 1.54) is 12.1 Å². The molecule has 0 bridgehead atoms. The fourth-order valence-corrected chi connectivity index (χ4v) is 3.77. The van der Waals surface area contributed by atoms with E-state index >= 15 is 0 Å². The van der Waals surface area contributed by atoms with E-state index in [0.29, 0.717) is 55.5 Å². The molecule has 0 saturated carbocycles. The normalized spacial score (nSPS) is 14.1. The number of hydrogen-bond donors (Lipinski definition) is 3. The van der Waals surface area contributed by atoms with Crippen molar-refractivity contribution in [1.29, 1.82) is 0 Å². The Kier molecular flexibility index (Phi) is 8.08. The van der Waals surface area contributed by atoms with Crippen LogP contribution in [-0.2, 0) is 4.79 Å². The van der Waals surface area contributed by atoms with Crippen LogP contribution in [0.2, 0.25) is 5.02 Å². The summed E-state index contributed by atoms with van der Waals surface area (Å²) in [5, 5.41) is 15.4. The summed E-state index contributed by atoms with van der Waals surface area (Å²) < 4.78 is 0. The number of nitrogens with one attached hydrogen (secondary N) is 2. The number of halogens is 1. The number of carbonyl (C=O) groups excluding carboxylic acids is 2. The van der Waals surface area contributed by atoms with Gasteiger partial charge in [-0.1, -0.05) is 30.7 Å². The maximum absolute atomic E-state index is 12.8. The first-order valence-corrected chi connectivity index (χ1v) is 10.9. The summed E-state index contributed by atoms with van der Waals surface area (Å²) in [6, 6.07) is 11.4. The van der Waals surface area contributed by atoms with E-state index in [1.54, 1.807) is 30.3 Å². The zero-order valence-electron chi connectivity index (χ0n) is 17.9. The van der Waals surface area contributed by atoms with E-state index in [2.05, 4.69) is 20.4 Å². The molecule has 3 rings (SSSR count). The molecule has 8 nitrogen and oxygen atoms in total. The van der Waals surface area contributed by atoms with Gasteiger partial charge in [0.15, 0.2) is 0 Å². The van der Waals surface area contributed by atoms with E-state index in [9.17, 15) is 19.5 Å². The topological polar surface area (TPSA) is 102 Å². The molecule has 1 saturated heterocycles. The van der Waals surface area contributed by atoms with Crippen LogP contribution < -0.4 is 15.5 Å². The molecule has 0 spiro atoms. The number of piperazine rings is 1. The lowest BCUT2D eigenvalue weighted by Crippen LogP contribution is -2.49. The van der Waals surface area contributed by atoms with Crippen LogP contribution in [0.3, 0.4) is 0 Å². The van der Waals surface area contributed by atoms with Gasteiger partial charge in [0.25, 0.3) is 5.91 Å². The monoisotopic (exact) mass is 458 g/mol. The van der Waals surface area contributed by atoms with E-state index in [0.717, 1.165) is 12.1 Å². The van der Waals surface area contributed by atoms with Crippen LogP contribution in [0.4, 0.5) is 11.4 Å². The molecule has 1 aliphatic heterocycles. The fraction of sp³-hybridized carbons (Fsp3) is 0.348. The average Bonchev–Trinajstić information content (AvgIpc) is 2.78. The standard InChI is InChI=1S/C23H27ClN4O4/c1-2-9-25-21(29)15-27-10-12-28(13-11-27)20-8-7-16(23(31)32)14-19(20)26-22(30)17-5-3-4-6-18(17)24/h3-8,14H,2,9-13,15H2,1H3,(H,25,29)(H,26,30)(H,31,32). The van der Waals surface area contributed by atoms with Crippen molar-refractivity contribution in [2.75, 3.05) is 49.5 Å². The molecule has 2 aromatic rings. The first-order chi connectivity index (χ1) is 15.4. The van der Waals surface area contributed by atoms with Gasteiger partial charge in [-0.25, -0.2) is 4.79 Å². The van der Waals surface area contributed by atoms with Crippen molar-refractivity contribution in [2.24, 2.45) is 0 Å². The Bertz CT molecular complexity index is 990. The Labute approximate surface area is 192 Å². The number of carbonyl (C=O) groups is 3. The first-order valence-electron chi connectivity index (χ1n) is 10.6. The Morgan fingerprint density at radius 2 is 1.78 bits per heavy atom. The Balaban J connectivity index is 1.74. The quantitative estimate of drug-likeness (QED) is 0.562. The van der Waals surface area contributed by atoms with Gasteiger partial charge in [-0.3, -0.25) is 14.5 Å². The molecule has 0 unspecified atom stereocenters. The van der Waals surface area contributed by atoms with E-state index < -0.39 is 11.9 Å². The number of carboxylic acid groups (broad SMARTS) is 1. The molecule has 1 fully saturated rings. The van der Waals surface area contributed by atoms with Gasteiger partial charge in [-0.05, 0) is 36.8 Å². The number of carboxylic acids is 1.